The number of nitrogens with zero attached hydrogens (tertiary/aromatic N) is 1. The summed E-state index contributed by atoms with van der Waals surface area (Å²) in [6.07, 6.45) is 2.32. The number of carboxylic acid groups (broad SMARTS) is 1. The molecule has 6 heteroatoms. The highest BCUT2D eigenvalue weighted by Crippen LogP contribution is 2.16. The molecule has 1 rings (SSSR count). The van der Waals surface area contributed by atoms with Crippen LogP contribution in [0.1, 0.15) is 12.5 Å². The first kappa shape index (κ1) is 14.4. The van der Waals surface area contributed by atoms with Gasteiger partial charge < -0.3 is 5.11 Å². The molecule has 1 aromatic carbocycles. The van der Waals surface area contributed by atoms with Crippen molar-refractivity contribution in [1.82, 2.24) is 4.31 Å². The zero-order valence-electron chi connectivity index (χ0n) is 10.2. The van der Waals surface area contributed by atoms with Crippen LogP contribution in [0.25, 0.3) is 6.08 Å². The lowest BCUT2D eigenvalue weighted by Gasteiger charge is -2.14. The number of hydrogen-bond acceptors (Lipinski definition) is 3. The van der Waals surface area contributed by atoms with Crippen LogP contribution in [0, 0.1) is 0 Å². The number of hydrogen-bond donors (Lipinski definition) is 1. The van der Waals surface area contributed by atoms with Gasteiger partial charge in [0.1, 0.15) is 0 Å². The number of rotatable bonds is 5. The summed E-state index contributed by atoms with van der Waals surface area (Å²) < 4.78 is 25.3. The topological polar surface area (TPSA) is 74.7 Å². The molecule has 0 saturated heterocycles. The first-order valence-electron chi connectivity index (χ1n) is 5.35. The van der Waals surface area contributed by atoms with Gasteiger partial charge in [-0.3, -0.25) is 0 Å². The van der Waals surface area contributed by atoms with Gasteiger partial charge in [0.15, 0.2) is 0 Å². The third kappa shape index (κ3) is 3.41. The molecular weight excluding hydrogens is 254 g/mol. The Kier molecular flexibility index (Phi) is 4.63. The van der Waals surface area contributed by atoms with Crippen molar-refractivity contribution in [2.45, 2.75) is 11.8 Å². The summed E-state index contributed by atoms with van der Waals surface area (Å²) >= 11 is 0. The predicted octanol–water partition coefficient (Wildman–Crippen LogP) is 1.42. The van der Waals surface area contributed by atoms with Crippen molar-refractivity contribution < 1.29 is 18.3 Å². The fourth-order valence-electron chi connectivity index (χ4n) is 1.30. The molecule has 5 nitrogen and oxygen atoms in total. The van der Waals surface area contributed by atoms with Gasteiger partial charge in [0.25, 0.3) is 0 Å². The molecule has 0 aliphatic heterocycles. The third-order valence-corrected chi connectivity index (χ3v) is 4.36. The Hall–Kier alpha value is -1.66. The van der Waals surface area contributed by atoms with Crippen LogP contribution in [0.4, 0.5) is 0 Å². The van der Waals surface area contributed by atoms with Gasteiger partial charge in [-0.25, -0.2) is 17.5 Å². The molecule has 0 amide bonds. The van der Waals surface area contributed by atoms with E-state index in [2.05, 4.69) is 0 Å². The minimum atomic E-state index is -3.50. The summed E-state index contributed by atoms with van der Waals surface area (Å²) in [6.45, 7) is 2.11. The monoisotopic (exact) mass is 269 g/mol. The molecule has 0 aliphatic rings. The lowest BCUT2D eigenvalue weighted by molar-refractivity contribution is -0.131. The quantitative estimate of drug-likeness (QED) is 0.820. The molecule has 0 heterocycles. The minimum absolute atomic E-state index is 0.152. The van der Waals surface area contributed by atoms with Crippen molar-refractivity contribution in [3.63, 3.8) is 0 Å². The Labute approximate surface area is 106 Å². The molecule has 0 aromatic heterocycles. The number of carboxylic acids is 1. The lowest BCUT2D eigenvalue weighted by atomic mass is 10.2. The van der Waals surface area contributed by atoms with E-state index < -0.39 is 16.0 Å². The lowest BCUT2D eigenvalue weighted by Crippen LogP contribution is -2.26. The van der Waals surface area contributed by atoms with Crippen LogP contribution in [-0.4, -0.2) is 37.4 Å². The largest absolute Gasteiger partial charge is 0.478 e. The maximum atomic E-state index is 12.0. The molecule has 98 valence electrons. The highest BCUT2D eigenvalue weighted by atomic mass is 32.2. The third-order valence-electron chi connectivity index (χ3n) is 2.43. The number of sulfonamides is 1. The van der Waals surface area contributed by atoms with Gasteiger partial charge in [0.05, 0.1) is 4.90 Å². The molecule has 0 fully saturated rings. The van der Waals surface area contributed by atoms with E-state index >= 15 is 0 Å². The summed E-state index contributed by atoms with van der Waals surface area (Å²) in [5.41, 5.74) is 0.531. The van der Waals surface area contributed by atoms with E-state index in [1.807, 2.05) is 0 Å². The van der Waals surface area contributed by atoms with Crippen molar-refractivity contribution in [3.05, 3.63) is 35.9 Å². The van der Waals surface area contributed by atoms with Crippen LogP contribution < -0.4 is 0 Å². The average molecular weight is 269 g/mol. The molecule has 1 N–H and O–H groups in total. The van der Waals surface area contributed by atoms with Gasteiger partial charge in [0, 0.05) is 19.7 Å². The maximum absolute atomic E-state index is 12.0. The summed E-state index contributed by atoms with van der Waals surface area (Å²) in [5, 5.41) is 8.52. The molecule has 0 radical (unpaired) electrons. The molecule has 0 aliphatic carbocycles. The normalized spacial score (nSPS) is 12.2. The molecule has 0 spiro atoms. The summed E-state index contributed by atoms with van der Waals surface area (Å²) in [4.78, 5) is 10.5. The first-order chi connectivity index (χ1) is 8.37. The second-order valence-electron chi connectivity index (χ2n) is 3.66. The Balaban J connectivity index is 3.13. The SMILES string of the molecule is CCN(C)S(=O)(=O)c1cccc(/C=C/C(=O)O)c1. The van der Waals surface area contributed by atoms with E-state index in [0.717, 1.165) is 6.08 Å². The van der Waals surface area contributed by atoms with Gasteiger partial charge >= 0.3 is 5.97 Å². The van der Waals surface area contributed by atoms with Gasteiger partial charge in [-0.1, -0.05) is 19.1 Å². The van der Waals surface area contributed by atoms with Crippen LogP contribution in [0.15, 0.2) is 35.2 Å². The van der Waals surface area contributed by atoms with E-state index in [9.17, 15) is 13.2 Å². The van der Waals surface area contributed by atoms with E-state index in [1.54, 1.807) is 19.1 Å². The Morgan fingerprint density at radius 3 is 2.67 bits per heavy atom. The predicted molar refractivity (Wildman–Crippen MR) is 68.6 cm³/mol. The van der Waals surface area contributed by atoms with Crippen molar-refractivity contribution in [2.24, 2.45) is 0 Å². The molecular formula is C12H15NO4S. The van der Waals surface area contributed by atoms with Crippen molar-refractivity contribution in [1.29, 1.82) is 0 Å². The van der Waals surface area contributed by atoms with E-state index in [0.29, 0.717) is 12.1 Å². The maximum Gasteiger partial charge on any atom is 0.328 e. The molecule has 0 bridgehead atoms. The van der Waals surface area contributed by atoms with Crippen LogP contribution in [-0.2, 0) is 14.8 Å². The number of carbonyl (C=O) groups is 1. The smallest absolute Gasteiger partial charge is 0.328 e. The fourth-order valence-corrected chi connectivity index (χ4v) is 2.53. The standard InChI is InChI=1S/C12H15NO4S/c1-3-13(2)18(16,17)11-6-4-5-10(9-11)7-8-12(14)15/h4-9H,3H2,1-2H3,(H,14,15)/b8-7+. The van der Waals surface area contributed by atoms with Crippen molar-refractivity contribution >= 4 is 22.1 Å². The zero-order valence-corrected chi connectivity index (χ0v) is 11.0. The van der Waals surface area contributed by atoms with Crippen LogP contribution >= 0.6 is 0 Å². The Morgan fingerprint density at radius 1 is 1.44 bits per heavy atom. The highest BCUT2D eigenvalue weighted by molar-refractivity contribution is 7.89. The summed E-state index contributed by atoms with van der Waals surface area (Å²) in [6, 6.07) is 6.16. The molecule has 0 unspecified atom stereocenters. The first-order valence-corrected chi connectivity index (χ1v) is 6.79. The highest BCUT2D eigenvalue weighted by Gasteiger charge is 2.18. The second kappa shape index (κ2) is 5.79. The zero-order chi connectivity index (χ0) is 13.8. The number of benzene rings is 1. The minimum Gasteiger partial charge on any atom is -0.478 e. The van der Waals surface area contributed by atoms with E-state index in [1.165, 1.54) is 29.6 Å². The van der Waals surface area contributed by atoms with Crippen LogP contribution in [0.5, 0.6) is 0 Å². The molecule has 18 heavy (non-hydrogen) atoms. The Morgan fingerprint density at radius 2 is 2.11 bits per heavy atom. The fraction of sp³-hybridized carbons (Fsp3) is 0.250. The Bertz CT molecular complexity index is 563. The second-order valence-corrected chi connectivity index (χ2v) is 5.71. The average Bonchev–Trinajstić information content (AvgIpc) is 2.35. The van der Waals surface area contributed by atoms with Gasteiger partial charge in [-0.05, 0) is 23.8 Å². The van der Waals surface area contributed by atoms with E-state index in [4.69, 9.17) is 5.11 Å². The molecule has 0 atom stereocenters. The van der Waals surface area contributed by atoms with Crippen molar-refractivity contribution in [2.75, 3.05) is 13.6 Å². The van der Waals surface area contributed by atoms with Gasteiger partial charge in [-0.2, -0.15) is 0 Å². The molecule has 1 aromatic rings. The van der Waals surface area contributed by atoms with Crippen molar-refractivity contribution in [3.8, 4) is 0 Å². The molecule has 0 saturated carbocycles. The summed E-state index contributed by atoms with van der Waals surface area (Å²) in [5.74, 6) is -1.08. The summed E-state index contributed by atoms with van der Waals surface area (Å²) in [7, 11) is -2.00. The van der Waals surface area contributed by atoms with Gasteiger partial charge in [0.2, 0.25) is 10.0 Å². The van der Waals surface area contributed by atoms with Gasteiger partial charge in [-0.15, -0.1) is 0 Å². The van der Waals surface area contributed by atoms with E-state index in [-0.39, 0.29) is 4.90 Å². The number of aliphatic carboxylic acids is 1. The van der Waals surface area contributed by atoms with Crippen LogP contribution in [0.3, 0.4) is 0 Å². The van der Waals surface area contributed by atoms with Crippen LogP contribution in [0.2, 0.25) is 0 Å².